The van der Waals surface area contributed by atoms with Crippen LogP contribution in [0.4, 0.5) is 13.2 Å². The number of nitrogens with zero attached hydrogens (tertiary/aromatic N) is 2. The van der Waals surface area contributed by atoms with Crippen molar-refractivity contribution in [3.63, 3.8) is 0 Å². The number of nitrogens with one attached hydrogen (secondary N) is 1. The second-order valence-corrected chi connectivity index (χ2v) is 4.15. The highest BCUT2D eigenvalue weighted by Gasteiger charge is 2.12. The van der Waals surface area contributed by atoms with E-state index < -0.39 is 17.5 Å². The summed E-state index contributed by atoms with van der Waals surface area (Å²) in [7, 11) is 0. The van der Waals surface area contributed by atoms with Crippen molar-refractivity contribution in [2.24, 2.45) is 0 Å². The number of hydrogen-bond acceptors (Lipinski definition) is 2. The first-order valence-electron chi connectivity index (χ1n) is 6.02. The van der Waals surface area contributed by atoms with Gasteiger partial charge in [0, 0.05) is 24.9 Å². The minimum absolute atomic E-state index is 0.151. The molecule has 19 heavy (non-hydrogen) atoms. The van der Waals surface area contributed by atoms with Crippen molar-refractivity contribution in [3.05, 3.63) is 47.5 Å². The molecule has 0 amide bonds. The van der Waals surface area contributed by atoms with Crippen molar-refractivity contribution in [1.82, 2.24) is 15.1 Å². The first-order valence-corrected chi connectivity index (χ1v) is 6.02. The second kappa shape index (κ2) is 5.88. The molecule has 0 aliphatic carbocycles. The molecule has 3 nitrogen and oxygen atoms in total. The maximum atomic E-state index is 13.1. The Kier molecular flexibility index (Phi) is 4.21. The number of halogens is 3. The number of hydrogen-bond donors (Lipinski definition) is 1. The zero-order valence-corrected chi connectivity index (χ0v) is 10.5. The van der Waals surface area contributed by atoms with E-state index in [2.05, 4.69) is 17.3 Å². The molecule has 0 bridgehead atoms. The van der Waals surface area contributed by atoms with Gasteiger partial charge in [-0.05, 0) is 19.0 Å². The smallest absolute Gasteiger partial charge is 0.194 e. The maximum absolute atomic E-state index is 13.1. The molecule has 0 spiro atoms. The van der Waals surface area contributed by atoms with Gasteiger partial charge in [0.05, 0.1) is 11.4 Å². The van der Waals surface area contributed by atoms with Gasteiger partial charge in [0.1, 0.15) is 0 Å². The molecule has 6 heteroatoms. The van der Waals surface area contributed by atoms with Crippen LogP contribution < -0.4 is 5.32 Å². The molecule has 1 N–H and O–H groups in total. The monoisotopic (exact) mass is 269 g/mol. The van der Waals surface area contributed by atoms with Crippen LogP contribution in [-0.2, 0) is 6.54 Å². The summed E-state index contributed by atoms with van der Waals surface area (Å²) in [5.41, 5.74) is 0.900. The van der Waals surface area contributed by atoms with E-state index in [9.17, 15) is 13.2 Å². The molecule has 102 valence electrons. The van der Waals surface area contributed by atoms with Crippen molar-refractivity contribution >= 4 is 0 Å². The molecule has 0 radical (unpaired) electrons. The lowest BCUT2D eigenvalue weighted by Crippen LogP contribution is -2.14. The first kappa shape index (κ1) is 13.6. The molecule has 0 aliphatic heterocycles. The van der Waals surface area contributed by atoms with Crippen molar-refractivity contribution in [2.45, 2.75) is 19.9 Å². The minimum atomic E-state index is -1.47. The fourth-order valence-corrected chi connectivity index (χ4v) is 1.67. The fourth-order valence-electron chi connectivity index (χ4n) is 1.67. The summed E-state index contributed by atoms with van der Waals surface area (Å²) in [6, 6.07) is 3.56. The molecule has 0 atom stereocenters. The summed E-state index contributed by atoms with van der Waals surface area (Å²) in [6.07, 6.45) is 2.59. The molecule has 1 aromatic heterocycles. The Morgan fingerprint density at radius 3 is 2.53 bits per heavy atom. The summed E-state index contributed by atoms with van der Waals surface area (Å²) < 4.78 is 40.4. The summed E-state index contributed by atoms with van der Waals surface area (Å²) in [5.74, 6) is -3.92. The van der Waals surface area contributed by atoms with Crippen molar-refractivity contribution in [1.29, 1.82) is 0 Å². The molecular weight excluding hydrogens is 255 g/mol. The van der Waals surface area contributed by atoms with E-state index in [0.717, 1.165) is 30.8 Å². The van der Waals surface area contributed by atoms with Gasteiger partial charge in [-0.2, -0.15) is 5.10 Å². The number of rotatable bonds is 5. The van der Waals surface area contributed by atoms with Crippen LogP contribution >= 0.6 is 0 Å². The van der Waals surface area contributed by atoms with E-state index in [-0.39, 0.29) is 5.69 Å². The number of benzene rings is 1. The Morgan fingerprint density at radius 2 is 1.89 bits per heavy atom. The van der Waals surface area contributed by atoms with E-state index in [4.69, 9.17) is 0 Å². The van der Waals surface area contributed by atoms with E-state index in [1.807, 2.05) is 0 Å². The summed E-state index contributed by atoms with van der Waals surface area (Å²) in [4.78, 5) is 0. The summed E-state index contributed by atoms with van der Waals surface area (Å²) >= 11 is 0. The van der Waals surface area contributed by atoms with Gasteiger partial charge in [-0.1, -0.05) is 6.92 Å². The average Bonchev–Trinajstić information content (AvgIpc) is 2.84. The van der Waals surface area contributed by atoms with Gasteiger partial charge >= 0.3 is 0 Å². The Hall–Kier alpha value is -1.82. The zero-order chi connectivity index (χ0) is 13.8. The van der Waals surface area contributed by atoms with Gasteiger partial charge in [0.2, 0.25) is 0 Å². The molecule has 0 fully saturated rings. The molecule has 2 aromatic rings. The topological polar surface area (TPSA) is 29.9 Å². The van der Waals surface area contributed by atoms with Crippen molar-refractivity contribution in [2.75, 3.05) is 6.54 Å². The standard InChI is InChI=1S/C13H14F3N3/c1-2-4-17-8-9-3-5-19(18-9)10-6-11(14)13(16)12(15)7-10/h3,5-7,17H,2,4,8H2,1H3. The molecule has 1 heterocycles. The fraction of sp³-hybridized carbons (Fsp3) is 0.308. The molecule has 0 saturated heterocycles. The van der Waals surface area contributed by atoms with E-state index in [0.29, 0.717) is 6.54 Å². The van der Waals surface area contributed by atoms with Crippen LogP contribution in [0.1, 0.15) is 19.0 Å². The van der Waals surface area contributed by atoms with Gasteiger partial charge in [-0.15, -0.1) is 0 Å². The predicted octanol–water partition coefficient (Wildman–Crippen LogP) is 2.79. The van der Waals surface area contributed by atoms with Crippen LogP contribution in [0.15, 0.2) is 24.4 Å². The lowest BCUT2D eigenvalue weighted by Gasteiger charge is -2.03. The van der Waals surface area contributed by atoms with Crippen LogP contribution in [0, 0.1) is 17.5 Å². The van der Waals surface area contributed by atoms with Gasteiger partial charge in [-0.3, -0.25) is 0 Å². The normalized spacial score (nSPS) is 10.9. The number of aromatic nitrogens is 2. The molecule has 2 rings (SSSR count). The molecular formula is C13H14F3N3. The lowest BCUT2D eigenvalue weighted by atomic mass is 10.3. The van der Waals surface area contributed by atoms with Gasteiger partial charge < -0.3 is 5.32 Å². The van der Waals surface area contributed by atoms with Crippen LogP contribution in [0.25, 0.3) is 5.69 Å². The van der Waals surface area contributed by atoms with E-state index in [1.165, 1.54) is 4.68 Å². The molecule has 0 aliphatic rings. The highest BCUT2D eigenvalue weighted by Crippen LogP contribution is 2.16. The van der Waals surface area contributed by atoms with Crippen LogP contribution in [-0.4, -0.2) is 16.3 Å². The van der Waals surface area contributed by atoms with Crippen molar-refractivity contribution < 1.29 is 13.2 Å². The molecule has 0 unspecified atom stereocenters. The quantitative estimate of drug-likeness (QED) is 0.668. The second-order valence-electron chi connectivity index (χ2n) is 4.15. The Labute approximate surface area is 109 Å². The predicted molar refractivity (Wildman–Crippen MR) is 65.4 cm³/mol. The van der Waals surface area contributed by atoms with Gasteiger partial charge in [-0.25, -0.2) is 17.9 Å². The third-order valence-electron chi connectivity index (χ3n) is 2.61. The highest BCUT2D eigenvalue weighted by molar-refractivity contribution is 5.33. The lowest BCUT2D eigenvalue weighted by molar-refractivity contribution is 0.446. The molecule has 1 aromatic carbocycles. The minimum Gasteiger partial charge on any atom is -0.311 e. The maximum Gasteiger partial charge on any atom is 0.194 e. The Bertz CT molecular complexity index is 543. The summed E-state index contributed by atoms with van der Waals surface area (Å²) in [5, 5.41) is 7.33. The first-order chi connectivity index (χ1) is 9.11. The Balaban J connectivity index is 2.18. The third kappa shape index (κ3) is 3.14. The van der Waals surface area contributed by atoms with Crippen LogP contribution in [0.2, 0.25) is 0 Å². The SMILES string of the molecule is CCCNCc1ccn(-c2cc(F)c(F)c(F)c2)n1. The van der Waals surface area contributed by atoms with E-state index >= 15 is 0 Å². The zero-order valence-electron chi connectivity index (χ0n) is 10.5. The van der Waals surface area contributed by atoms with Crippen LogP contribution in [0.5, 0.6) is 0 Å². The van der Waals surface area contributed by atoms with Crippen LogP contribution in [0.3, 0.4) is 0 Å². The van der Waals surface area contributed by atoms with E-state index in [1.54, 1.807) is 12.3 Å². The van der Waals surface area contributed by atoms with Gasteiger partial charge in [0.15, 0.2) is 17.5 Å². The molecule has 0 saturated carbocycles. The summed E-state index contributed by atoms with van der Waals surface area (Å²) in [6.45, 7) is 3.50. The largest absolute Gasteiger partial charge is 0.311 e. The third-order valence-corrected chi connectivity index (χ3v) is 2.61. The average molecular weight is 269 g/mol. The van der Waals surface area contributed by atoms with Gasteiger partial charge in [0.25, 0.3) is 0 Å². The highest BCUT2D eigenvalue weighted by atomic mass is 19.2. The Morgan fingerprint density at radius 1 is 1.21 bits per heavy atom. The van der Waals surface area contributed by atoms with Crippen molar-refractivity contribution in [3.8, 4) is 5.69 Å².